The van der Waals surface area contributed by atoms with E-state index in [1.54, 1.807) is 11.3 Å². The van der Waals surface area contributed by atoms with E-state index in [-0.39, 0.29) is 0 Å². The number of hydrogen-bond acceptors (Lipinski definition) is 2. The predicted molar refractivity (Wildman–Crippen MR) is 274 cm³/mol. The Balaban J connectivity index is 1.20. The Kier molecular flexibility index (Phi) is 8.46. The lowest BCUT2D eigenvalue weighted by molar-refractivity contribution is 1.11. The smallest absolute Gasteiger partial charge is 0.101 e. The molecule has 0 radical (unpaired) electrons. The number of aromatic nitrogens is 2. The van der Waals surface area contributed by atoms with Crippen LogP contribution in [0.3, 0.4) is 0 Å². The van der Waals surface area contributed by atoms with E-state index in [1.807, 2.05) is 0 Å². The molecule has 3 nitrogen and oxygen atoms in total. The Morgan fingerprint density at radius 2 is 0.708 bits per heavy atom. The molecule has 0 atom stereocenters. The van der Waals surface area contributed by atoms with E-state index in [0.717, 1.165) is 75.5 Å². The molecule has 0 aliphatic carbocycles. The van der Waals surface area contributed by atoms with E-state index in [2.05, 4.69) is 240 Å². The molecule has 0 aliphatic heterocycles. The van der Waals surface area contributed by atoms with Crippen LogP contribution in [0.4, 0.5) is 0 Å². The quantitative estimate of drug-likeness (QED) is 0.164. The molecule has 0 saturated carbocycles. The minimum absolute atomic E-state index is 0.662. The molecule has 3 heterocycles. The molecule has 10 aromatic carbocycles. The van der Waals surface area contributed by atoms with Crippen LogP contribution in [0.25, 0.3) is 120 Å². The normalized spacial score (nSPS) is 11.7. The van der Waals surface area contributed by atoms with E-state index in [1.165, 1.54) is 44.2 Å². The third-order valence-electron chi connectivity index (χ3n) is 13.1. The second kappa shape index (κ2) is 14.8. The van der Waals surface area contributed by atoms with Gasteiger partial charge in [0.2, 0.25) is 0 Å². The minimum Gasteiger partial charge on any atom is -0.307 e. The molecule has 0 N–H and O–H groups in total. The molecular formula is C61H37N3S. The van der Waals surface area contributed by atoms with Crippen molar-refractivity contribution in [1.29, 1.82) is 5.26 Å². The summed E-state index contributed by atoms with van der Waals surface area (Å²) in [5.41, 5.74) is 16.4. The summed E-state index contributed by atoms with van der Waals surface area (Å²) in [5.74, 6) is 0. The fourth-order valence-electron chi connectivity index (χ4n) is 10.1. The topological polar surface area (TPSA) is 33.6 Å². The minimum atomic E-state index is 0.662. The second-order valence-corrected chi connectivity index (χ2v) is 17.8. The van der Waals surface area contributed by atoms with Crippen molar-refractivity contribution in [3.63, 3.8) is 0 Å². The first-order chi connectivity index (χ1) is 32.2. The van der Waals surface area contributed by atoms with E-state index >= 15 is 0 Å². The fourth-order valence-corrected chi connectivity index (χ4v) is 11.3. The summed E-state index contributed by atoms with van der Waals surface area (Å²) in [6, 6.07) is 83.6. The molecule has 302 valence electrons. The molecule has 0 bridgehead atoms. The van der Waals surface area contributed by atoms with Gasteiger partial charge in [0.1, 0.15) is 6.07 Å². The maximum Gasteiger partial charge on any atom is 0.101 e. The Morgan fingerprint density at radius 1 is 0.338 bits per heavy atom. The summed E-state index contributed by atoms with van der Waals surface area (Å²) in [4.78, 5) is 0. The van der Waals surface area contributed by atoms with Crippen molar-refractivity contribution in [2.75, 3.05) is 0 Å². The van der Waals surface area contributed by atoms with Crippen molar-refractivity contribution in [2.24, 2.45) is 0 Å². The first-order valence-corrected chi connectivity index (χ1v) is 22.8. The van der Waals surface area contributed by atoms with Gasteiger partial charge < -0.3 is 9.13 Å². The highest BCUT2D eigenvalue weighted by atomic mass is 32.1. The van der Waals surface area contributed by atoms with Gasteiger partial charge in [0.05, 0.1) is 43.7 Å². The van der Waals surface area contributed by atoms with E-state index in [9.17, 15) is 5.26 Å². The number of fused-ring (bicyclic) bond motifs is 9. The lowest BCUT2D eigenvalue weighted by Gasteiger charge is -2.19. The fraction of sp³-hybridized carbons (Fsp3) is 0. The van der Waals surface area contributed by atoms with Crippen LogP contribution in [-0.2, 0) is 0 Å². The maximum absolute atomic E-state index is 11.1. The second-order valence-electron chi connectivity index (χ2n) is 16.8. The number of rotatable bonds is 6. The zero-order valence-electron chi connectivity index (χ0n) is 35.1. The van der Waals surface area contributed by atoms with Gasteiger partial charge in [-0.2, -0.15) is 5.26 Å². The van der Waals surface area contributed by atoms with Crippen molar-refractivity contribution in [2.45, 2.75) is 0 Å². The van der Waals surface area contributed by atoms with Crippen molar-refractivity contribution in [3.8, 4) is 62.0 Å². The number of nitrogens with zero attached hydrogens (tertiary/aromatic N) is 3. The Morgan fingerprint density at radius 3 is 1.11 bits per heavy atom. The summed E-state index contributed by atoms with van der Waals surface area (Å²) >= 11 is 1.70. The summed E-state index contributed by atoms with van der Waals surface area (Å²) in [5, 5.41) is 18.0. The molecule has 4 heteroatoms. The standard InChI is InChI=1S/C61H37N3S/c62-38-47-37-57(63-53-29-25-43(39-15-5-1-6-16-39)33-49(53)50-34-44(26-30-54(50)63)40-17-7-2-8-18-40)60(59-48-23-13-14-24-58(48)65-61(47)59)64-55-31-27-45(41-19-9-3-10-20-41)35-51(55)52-36-46(28-32-56(52)64)42-21-11-4-12-22-42/h1-37H. The monoisotopic (exact) mass is 843 g/mol. The maximum atomic E-state index is 11.1. The molecule has 13 rings (SSSR count). The van der Waals surface area contributed by atoms with Crippen molar-refractivity contribution >= 4 is 75.1 Å². The van der Waals surface area contributed by atoms with Gasteiger partial charge in [-0.05, 0) is 105 Å². The number of benzene rings is 10. The zero-order chi connectivity index (χ0) is 43.0. The third-order valence-corrected chi connectivity index (χ3v) is 14.3. The van der Waals surface area contributed by atoms with Gasteiger partial charge in [0.25, 0.3) is 0 Å². The number of thiophene rings is 1. The third kappa shape index (κ3) is 5.87. The van der Waals surface area contributed by atoms with E-state index < -0.39 is 0 Å². The highest BCUT2D eigenvalue weighted by Gasteiger charge is 2.26. The Bertz CT molecular complexity index is 3850. The van der Waals surface area contributed by atoms with Crippen LogP contribution in [0.5, 0.6) is 0 Å². The van der Waals surface area contributed by atoms with Crippen LogP contribution in [0.1, 0.15) is 5.56 Å². The molecule has 65 heavy (non-hydrogen) atoms. The molecule has 0 aliphatic rings. The predicted octanol–water partition coefficient (Wildman–Crippen LogP) is 16.8. The average molecular weight is 844 g/mol. The van der Waals surface area contributed by atoms with Gasteiger partial charge >= 0.3 is 0 Å². The van der Waals surface area contributed by atoms with Crippen molar-refractivity contribution in [1.82, 2.24) is 9.13 Å². The molecular weight excluding hydrogens is 807 g/mol. The van der Waals surface area contributed by atoms with Crippen LogP contribution in [-0.4, -0.2) is 9.13 Å². The van der Waals surface area contributed by atoms with Crippen LogP contribution >= 0.6 is 11.3 Å². The van der Waals surface area contributed by atoms with Crippen molar-refractivity contribution in [3.05, 3.63) is 230 Å². The van der Waals surface area contributed by atoms with Crippen LogP contribution < -0.4 is 0 Å². The van der Waals surface area contributed by atoms with Crippen LogP contribution in [0, 0.1) is 11.3 Å². The summed E-state index contributed by atoms with van der Waals surface area (Å²) in [6.07, 6.45) is 0. The first-order valence-electron chi connectivity index (χ1n) is 22.0. The summed E-state index contributed by atoms with van der Waals surface area (Å²) in [6.45, 7) is 0. The van der Waals surface area contributed by atoms with Crippen molar-refractivity contribution < 1.29 is 0 Å². The lowest BCUT2D eigenvalue weighted by Crippen LogP contribution is -2.05. The average Bonchev–Trinajstić information content (AvgIpc) is 4.04. The molecule has 0 spiro atoms. The highest BCUT2D eigenvalue weighted by Crippen LogP contribution is 2.48. The molecule has 0 amide bonds. The van der Waals surface area contributed by atoms with E-state index in [4.69, 9.17) is 0 Å². The molecule has 0 saturated heterocycles. The van der Waals surface area contributed by atoms with Gasteiger partial charge in [-0.25, -0.2) is 0 Å². The molecule has 13 aromatic rings. The lowest BCUT2D eigenvalue weighted by atomic mass is 10.0. The molecule has 3 aromatic heterocycles. The number of nitriles is 1. The van der Waals surface area contributed by atoms with Crippen LogP contribution in [0.2, 0.25) is 0 Å². The van der Waals surface area contributed by atoms with Gasteiger partial charge in [-0.15, -0.1) is 11.3 Å². The molecule has 0 unspecified atom stereocenters. The Hall–Kier alpha value is -8.49. The summed E-state index contributed by atoms with van der Waals surface area (Å²) in [7, 11) is 0. The van der Waals surface area contributed by atoms with E-state index in [0.29, 0.717) is 5.56 Å². The molecule has 0 fully saturated rings. The number of hydrogen-bond donors (Lipinski definition) is 0. The van der Waals surface area contributed by atoms with Crippen LogP contribution in [0.15, 0.2) is 224 Å². The zero-order valence-corrected chi connectivity index (χ0v) is 35.9. The summed E-state index contributed by atoms with van der Waals surface area (Å²) < 4.78 is 7.05. The van der Waals surface area contributed by atoms with Gasteiger partial charge in [-0.3, -0.25) is 0 Å². The first kappa shape index (κ1) is 37.1. The van der Waals surface area contributed by atoms with Gasteiger partial charge in [-0.1, -0.05) is 164 Å². The SMILES string of the molecule is N#Cc1cc(-n2c3ccc(-c4ccccc4)cc3c3cc(-c4ccccc4)ccc32)c(-n2c3ccc(-c4ccccc4)cc3c3cc(-c4ccccc4)ccc32)c2c1sc1ccccc12. The van der Waals surface area contributed by atoms with Gasteiger partial charge in [0, 0.05) is 37.0 Å². The van der Waals surface area contributed by atoms with Gasteiger partial charge in [0.15, 0.2) is 0 Å². The largest absolute Gasteiger partial charge is 0.307 e. The highest BCUT2D eigenvalue weighted by molar-refractivity contribution is 7.26. The Labute approximate surface area is 379 Å².